The van der Waals surface area contributed by atoms with Gasteiger partial charge in [-0.05, 0) is 0 Å². The van der Waals surface area contributed by atoms with Gasteiger partial charge in [0.2, 0.25) is 0 Å². The molecule has 9 heavy (non-hydrogen) atoms. The summed E-state index contributed by atoms with van der Waals surface area (Å²) >= 11 is 0. The molecule has 1 rings (SSSR count). The Morgan fingerprint density at radius 3 is 3.00 bits per heavy atom. The molecule has 1 aliphatic rings. The summed E-state index contributed by atoms with van der Waals surface area (Å²) in [6.07, 6.45) is 9.06. The lowest BCUT2D eigenvalue weighted by Crippen LogP contribution is -1.79. The summed E-state index contributed by atoms with van der Waals surface area (Å²) in [7, 11) is 2.33. The second kappa shape index (κ2) is 4.64. The van der Waals surface area contributed by atoms with E-state index in [1.807, 2.05) is 8.27 Å². The zero-order valence-corrected chi connectivity index (χ0v) is 7.93. The molecule has 0 saturated carbocycles. The first kappa shape index (κ1) is 7.96. The van der Waals surface area contributed by atoms with Gasteiger partial charge in [-0.15, -0.1) is 0 Å². The fourth-order valence-corrected chi connectivity index (χ4v) is 6.57. The molecule has 0 aromatic heterocycles. The average molecular weight is 161 g/mol. The zero-order chi connectivity index (χ0) is 6.53. The summed E-state index contributed by atoms with van der Waals surface area (Å²) in [4.78, 5) is 0. The summed E-state index contributed by atoms with van der Waals surface area (Å²) in [5.74, 6) is 0. The predicted molar refractivity (Wildman–Crippen MR) is 48.0 cm³/mol. The number of hydrogen-bond acceptors (Lipinski definition) is 0. The van der Waals surface area contributed by atoms with Crippen molar-refractivity contribution in [2.75, 3.05) is 18.5 Å². The first-order chi connectivity index (χ1) is 4.43. The molecule has 0 nitrogen and oxygen atoms in total. The molecule has 0 aromatic rings. The van der Waals surface area contributed by atoms with Crippen molar-refractivity contribution in [3.63, 3.8) is 0 Å². The van der Waals surface area contributed by atoms with Gasteiger partial charge < -0.3 is 8.27 Å². The third kappa shape index (κ3) is 2.96. The molecular formula is C7H15P2-. The maximum Gasteiger partial charge on any atom is -0.0519 e. The highest BCUT2D eigenvalue weighted by atomic mass is 32.0. The zero-order valence-electron chi connectivity index (χ0n) is 6.14. The van der Waals surface area contributed by atoms with Gasteiger partial charge in [-0.1, -0.05) is 38.5 Å². The van der Waals surface area contributed by atoms with Gasteiger partial charge in [-0.25, -0.2) is 0 Å². The van der Waals surface area contributed by atoms with Gasteiger partial charge in [0, 0.05) is 0 Å². The van der Waals surface area contributed by atoms with E-state index in [-0.39, 0.29) is 0 Å². The Labute approximate surface area is 61.2 Å². The maximum absolute atomic E-state index is 2.29. The van der Waals surface area contributed by atoms with Gasteiger partial charge in [0.15, 0.2) is 0 Å². The standard InChI is InChI=1S/C7H15P2/c1-2-3-6-9-7-4-5-8-9/h2-7H2,1H3/q-1. The van der Waals surface area contributed by atoms with Gasteiger partial charge in [0.05, 0.1) is 0 Å². The van der Waals surface area contributed by atoms with Crippen molar-refractivity contribution in [3.05, 3.63) is 0 Å². The highest BCUT2D eigenvalue weighted by molar-refractivity contribution is 8.22. The van der Waals surface area contributed by atoms with E-state index in [1.165, 1.54) is 25.4 Å². The van der Waals surface area contributed by atoms with Crippen LogP contribution in [-0.4, -0.2) is 18.5 Å². The van der Waals surface area contributed by atoms with Crippen molar-refractivity contribution >= 4 is 15.9 Å². The molecule has 0 aliphatic carbocycles. The van der Waals surface area contributed by atoms with E-state index in [0.717, 1.165) is 0 Å². The van der Waals surface area contributed by atoms with Crippen LogP contribution in [0.4, 0.5) is 0 Å². The van der Waals surface area contributed by atoms with Crippen LogP contribution < -0.4 is 0 Å². The van der Waals surface area contributed by atoms with Crippen LogP contribution in [0, 0.1) is 0 Å². The Bertz CT molecular complexity index is 67.3. The lowest BCUT2D eigenvalue weighted by molar-refractivity contribution is 0.892. The molecule has 1 unspecified atom stereocenters. The van der Waals surface area contributed by atoms with Crippen LogP contribution in [0.1, 0.15) is 26.2 Å². The minimum Gasteiger partial charge on any atom is -0.508 e. The van der Waals surface area contributed by atoms with Crippen molar-refractivity contribution in [2.24, 2.45) is 0 Å². The van der Waals surface area contributed by atoms with Crippen LogP contribution in [0.25, 0.3) is 0 Å². The summed E-state index contributed by atoms with van der Waals surface area (Å²) in [5.41, 5.74) is 0. The summed E-state index contributed by atoms with van der Waals surface area (Å²) in [5, 5.41) is 0. The second-order valence-electron chi connectivity index (χ2n) is 2.53. The normalized spacial score (nSPS) is 29.7. The maximum atomic E-state index is 2.29. The van der Waals surface area contributed by atoms with E-state index < -0.39 is 0 Å². The molecule has 1 fully saturated rings. The van der Waals surface area contributed by atoms with Gasteiger partial charge in [0.1, 0.15) is 0 Å². The van der Waals surface area contributed by atoms with Crippen LogP contribution in [0.2, 0.25) is 0 Å². The third-order valence-electron chi connectivity index (χ3n) is 1.64. The average Bonchev–Trinajstić information content (AvgIpc) is 2.34. The quantitative estimate of drug-likeness (QED) is 0.555. The Morgan fingerprint density at radius 1 is 1.56 bits per heavy atom. The van der Waals surface area contributed by atoms with Crippen LogP contribution in [0.15, 0.2) is 0 Å². The second-order valence-corrected chi connectivity index (χ2v) is 7.71. The Hall–Kier alpha value is 0.860. The lowest BCUT2D eigenvalue weighted by atomic mass is 10.4. The molecule has 1 atom stereocenters. The molecule has 0 radical (unpaired) electrons. The molecule has 0 amide bonds. The van der Waals surface area contributed by atoms with Crippen LogP contribution >= 0.6 is 15.9 Å². The highest BCUT2D eigenvalue weighted by Crippen LogP contribution is 2.61. The fraction of sp³-hybridized carbons (Fsp3) is 1.00. The molecule has 0 spiro atoms. The van der Waals surface area contributed by atoms with Gasteiger partial charge in [-0.2, -0.15) is 6.16 Å². The molecule has 54 valence electrons. The summed E-state index contributed by atoms with van der Waals surface area (Å²) in [6.45, 7) is 2.29. The van der Waals surface area contributed by atoms with Crippen molar-refractivity contribution in [1.29, 1.82) is 0 Å². The SMILES string of the molecule is CCCCP1CCC[P-]1. The van der Waals surface area contributed by atoms with Crippen molar-refractivity contribution in [2.45, 2.75) is 26.2 Å². The smallest absolute Gasteiger partial charge is 0.0519 e. The predicted octanol–water partition coefficient (Wildman–Crippen LogP) is 3.53. The van der Waals surface area contributed by atoms with Crippen LogP contribution in [0.3, 0.4) is 0 Å². The molecular weight excluding hydrogens is 146 g/mol. The van der Waals surface area contributed by atoms with E-state index in [4.69, 9.17) is 0 Å². The summed E-state index contributed by atoms with van der Waals surface area (Å²) < 4.78 is 0. The van der Waals surface area contributed by atoms with Gasteiger partial charge in [-0.3, -0.25) is 7.61 Å². The first-order valence-electron chi connectivity index (χ1n) is 3.86. The van der Waals surface area contributed by atoms with E-state index in [0.29, 0.717) is 7.61 Å². The van der Waals surface area contributed by atoms with Crippen molar-refractivity contribution in [1.82, 2.24) is 0 Å². The third-order valence-corrected chi connectivity index (χ3v) is 7.23. The van der Waals surface area contributed by atoms with E-state index in [2.05, 4.69) is 6.92 Å². The Kier molecular flexibility index (Phi) is 4.11. The van der Waals surface area contributed by atoms with Gasteiger partial charge >= 0.3 is 0 Å². The fourth-order valence-electron chi connectivity index (χ4n) is 1.06. The van der Waals surface area contributed by atoms with Crippen LogP contribution in [0.5, 0.6) is 0 Å². The molecule has 0 N–H and O–H groups in total. The number of hydrogen-bond donors (Lipinski definition) is 0. The Balaban J connectivity index is 1.98. The minimum atomic E-state index is 0.521. The molecule has 1 heterocycles. The monoisotopic (exact) mass is 161 g/mol. The van der Waals surface area contributed by atoms with E-state index in [9.17, 15) is 0 Å². The molecule has 2 heteroatoms. The molecule has 0 bridgehead atoms. The topological polar surface area (TPSA) is 0 Å². The van der Waals surface area contributed by atoms with Gasteiger partial charge in [0.25, 0.3) is 0 Å². The lowest BCUT2D eigenvalue weighted by Gasteiger charge is -2.22. The number of unbranched alkanes of at least 4 members (excludes halogenated alkanes) is 1. The van der Waals surface area contributed by atoms with E-state index in [1.54, 1.807) is 12.3 Å². The Morgan fingerprint density at radius 2 is 2.44 bits per heavy atom. The summed E-state index contributed by atoms with van der Waals surface area (Å²) in [6, 6.07) is 0. The highest BCUT2D eigenvalue weighted by Gasteiger charge is 1.99. The first-order valence-corrected chi connectivity index (χ1v) is 7.35. The number of rotatable bonds is 3. The van der Waals surface area contributed by atoms with Crippen LogP contribution in [-0.2, 0) is 0 Å². The van der Waals surface area contributed by atoms with Crippen molar-refractivity contribution < 1.29 is 0 Å². The van der Waals surface area contributed by atoms with E-state index >= 15 is 0 Å². The van der Waals surface area contributed by atoms with Crippen molar-refractivity contribution in [3.8, 4) is 0 Å². The molecule has 1 saturated heterocycles. The minimum absolute atomic E-state index is 0.521. The largest absolute Gasteiger partial charge is 0.508 e. The molecule has 0 aromatic carbocycles. The molecule has 1 aliphatic heterocycles.